The summed E-state index contributed by atoms with van der Waals surface area (Å²) in [7, 11) is 1.00. The highest BCUT2D eigenvalue weighted by molar-refractivity contribution is 7.98. The van der Waals surface area contributed by atoms with E-state index >= 15 is 0 Å². The molecule has 0 radical (unpaired) electrons. The van der Waals surface area contributed by atoms with E-state index in [0.29, 0.717) is 16.8 Å². The van der Waals surface area contributed by atoms with Crippen LogP contribution in [0.1, 0.15) is 36.6 Å². The number of benzene rings is 1. The van der Waals surface area contributed by atoms with Crippen molar-refractivity contribution in [2.24, 2.45) is 0 Å². The summed E-state index contributed by atoms with van der Waals surface area (Å²) < 4.78 is 51.9. The molecule has 1 aromatic carbocycles. The Morgan fingerprint density at radius 1 is 1.18 bits per heavy atom. The molecule has 3 atom stereocenters. The number of ether oxygens (including phenoxy) is 2. The Labute approximate surface area is 202 Å². The number of thioether (sulfide) groups is 1. The Balaban J connectivity index is 0.00000168. The highest BCUT2D eigenvalue weighted by Crippen LogP contribution is 2.37. The Hall–Kier alpha value is -2.83. The number of rotatable bonds is 5. The van der Waals surface area contributed by atoms with Crippen molar-refractivity contribution in [2.45, 2.75) is 55.8 Å². The van der Waals surface area contributed by atoms with Gasteiger partial charge in [0, 0.05) is 24.8 Å². The number of nitrogen functional groups attached to an aromatic ring is 1. The third kappa shape index (κ3) is 8.84. The number of hydrogen-bond acceptors (Lipinski definition) is 7. The molecule has 0 bridgehead atoms. The molecule has 11 heteroatoms. The van der Waals surface area contributed by atoms with Crippen molar-refractivity contribution < 1.29 is 32.9 Å². The summed E-state index contributed by atoms with van der Waals surface area (Å²) in [6, 6.07) is 7.19. The van der Waals surface area contributed by atoms with Crippen LogP contribution >= 0.6 is 11.8 Å². The molecule has 7 nitrogen and oxygen atoms in total. The van der Waals surface area contributed by atoms with Gasteiger partial charge in [-0.3, -0.25) is 0 Å². The van der Waals surface area contributed by atoms with Crippen LogP contribution in [-0.4, -0.2) is 52.0 Å². The molecule has 1 aliphatic heterocycles. The van der Waals surface area contributed by atoms with Gasteiger partial charge in [0.2, 0.25) is 12.2 Å². The van der Waals surface area contributed by atoms with Crippen molar-refractivity contribution >= 4 is 11.8 Å². The van der Waals surface area contributed by atoms with E-state index in [9.17, 15) is 18.3 Å². The second-order valence-electron chi connectivity index (χ2n) is 6.72. The third-order valence-electron chi connectivity index (χ3n) is 4.48. The maximum absolute atomic E-state index is 13.6. The average Bonchev–Trinajstić information content (AvgIpc) is 3.12. The molecule has 1 saturated heterocycles. The Kier molecular flexibility index (Phi) is 13.9. The van der Waals surface area contributed by atoms with Crippen molar-refractivity contribution in [3.8, 4) is 31.6 Å². The highest BCUT2D eigenvalue weighted by Gasteiger charge is 2.41. The highest BCUT2D eigenvalue weighted by atomic mass is 32.2. The maximum atomic E-state index is 13.6. The summed E-state index contributed by atoms with van der Waals surface area (Å²) in [5, 5.41) is 20.6. The van der Waals surface area contributed by atoms with Crippen LogP contribution in [0.5, 0.6) is 5.88 Å². The summed E-state index contributed by atoms with van der Waals surface area (Å²) in [4.78, 5) is 1.30. The van der Waals surface area contributed by atoms with E-state index in [-0.39, 0.29) is 30.4 Å². The van der Waals surface area contributed by atoms with Gasteiger partial charge in [-0.05, 0) is 37.3 Å². The van der Waals surface area contributed by atoms with Crippen LogP contribution in [0.2, 0.25) is 0 Å². The molecule has 0 saturated carbocycles. The van der Waals surface area contributed by atoms with Gasteiger partial charge < -0.3 is 25.5 Å². The van der Waals surface area contributed by atoms with E-state index in [1.165, 1.54) is 0 Å². The minimum Gasteiger partial charge on any atom is -0.446 e. The first-order valence-corrected chi connectivity index (χ1v) is 11.1. The smallest absolute Gasteiger partial charge is 0.435 e. The van der Waals surface area contributed by atoms with Gasteiger partial charge in [-0.2, -0.15) is 18.0 Å². The fourth-order valence-corrected chi connectivity index (χ4v) is 3.63. The number of nitrogens with two attached hydrogens (primary N) is 1. The van der Waals surface area contributed by atoms with E-state index in [0.717, 1.165) is 12.0 Å². The van der Waals surface area contributed by atoms with E-state index in [1.54, 1.807) is 30.8 Å². The lowest BCUT2D eigenvalue weighted by Crippen LogP contribution is -2.37. The molecular weight excluding hydrogens is 471 g/mol. The number of nitrogens with zero attached hydrogens (tertiary/aromatic N) is 2. The van der Waals surface area contributed by atoms with Gasteiger partial charge in [0.05, 0.1) is 17.8 Å². The molecule has 3 rings (SSSR count). The molecule has 0 unspecified atom stereocenters. The molecule has 1 fully saturated rings. The van der Waals surface area contributed by atoms with E-state index < -0.39 is 24.3 Å². The molecule has 1 aromatic heterocycles. The SMILES string of the molecule is C#C.C#C.CO.CSc1ccc(Cc2c(O[C@H]3C[C@@H](O)C[C@@H](C)O3)nn(N)c2C(F)(F)F)cc1. The van der Waals surface area contributed by atoms with Crippen LogP contribution in [0.15, 0.2) is 29.2 Å². The van der Waals surface area contributed by atoms with Gasteiger partial charge in [0.25, 0.3) is 0 Å². The number of aliphatic hydroxyl groups excluding tert-OH is 2. The number of alkyl halides is 3. The van der Waals surface area contributed by atoms with Crippen LogP contribution in [0.4, 0.5) is 13.2 Å². The topological polar surface area (TPSA) is 103 Å². The molecule has 2 heterocycles. The largest absolute Gasteiger partial charge is 0.446 e. The Morgan fingerprint density at radius 2 is 1.74 bits per heavy atom. The standard InChI is InChI=1S/C18H22F3N3O3S.2C2H2.CH4O/c1-10-7-12(25)9-15(26-10)27-17-14(16(18(19,20)21)24(22)23-17)8-11-3-5-13(28-2)6-4-11;3*1-2/h3-6,10,12,15,25H,7-9,22H2,1-2H3;2*1-2H;2H,1H3/t10-,12+,15+;;;/m1.../s1. The normalized spacial score (nSPS) is 19.2. The van der Waals surface area contributed by atoms with Gasteiger partial charge in [-0.25, -0.2) is 0 Å². The lowest BCUT2D eigenvalue weighted by molar-refractivity contribution is -0.171. The first-order valence-electron chi connectivity index (χ1n) is 9.86. The van der Waals surface area contributed by atoms with Crippen LogP contribution < -0.4 is 10.6 Å². The predicted octanol–water partition coefficient (Wildman–Crippen LogP) is 3.30. The van der Waals surface area contributed by atoms with Crippen molar-refractivity contribution in [3.05, 3.63) is 41.1 Å². The van der Waals surface area contributed by atoms with Crippen LogP contribution in [0, 0.1) is 25.7 Å². The Bertz CT molecular complexity index is 883. The number of aromatic nitrogens is 2. The van der Waals surface area contributed by atoms with Gasteiger partial charge in [-0.1, -0.05) is 12.1 Å². The zero-order valence-corrected chi connectivity index (χ0v) is 20.0. The van der Waals surface area contributed by atoms with Crippen LogP contribution in [0.3, 0.4) is 0 Å². The average molecular weight is 502 g/mol. The molecule has 0 aliphatic carbocycles. The van der Waals surface area contributed by atoms with Gasteiger partial charge in [0.15, 0.2) is 5.69 Å². The van der Waals surface area contributed by atoms with Crippen molar-refractivity contribution in [2.75, 3.05) is 19.2 Å². The number of hydrogen-bond donors (Lipinski definition) is 3. The second-order valence-corrected chi connectivity index (χ2v) is 7.60. The third-order valence-corrected chi connectivity index (χ3v) is 5.22. The zero-order valence-electron chi connectivity index (χ0n) is 19.2. The maximum Gasteiger partial charge on any atom is 0.435 e. The molecule has 2 aromatic rings. The van der Waals surface area contributed by atoms with Crippen LogP contribution in [0.25, 0.3) is 0 Å². The Morgan fingerprint density at radius 3 is 2.21 bits per heavy atom. The minimum absolute atomic E-state index is 0.0547. The molecule has 34 heavy (non-hydrogen) atoms. The monoisotopic (exact) mass is 501 g/mol. The summed E-state index contributed by atoms with van der Waals surface area (Å²) in [6.45, 7) is 1.76. The summed E-state index contributed by atoms with van der Waals surface area (Å²) in [6.07, 6.45) is 11.9. The summed E-state index contributed by atoms with van der Waals surface area (Å²) in [5.41, 5.74) is -0.566. The van der Waals surface area contributed by atoms with Crippen molar-refractivity contribution in [1.29, 1.82) is 0 Å². The number of aliphatic hydroxyl groups is 2. The van der Waals surface area contributed by atoms with Gasteiger partial charge >= 0.3 is 6.18 Å². The van der Waals surface area contributed by atoms with Gasteiger partial charge in [0.1, 0.15) is 0 Å². The lowest BCUT2D eigenvalue weighted by Gasteiger charge is -2.30. The quantitative estimate of drug-likeness (QED) is 0.328. The molecule has 0 spiro atoms. The number of halogens is 3. The second kappa shape index (κ2) is 15.1. The fourth-order valence-electron chi connectivity index (χ4n) is 3.22. The molecule has 1 aliphatic rings. The first-order chi connectivity index (χ1) is 16.2. The minimum atomic E-state index is -4.70. The van der Waals surface area contributed by atoms with Gasteiger partial charge in [-0.15, -0.1) is 42.6 Å². The van der Waals surface area contributed by atoms with Crippen molar-refractivity contribution in [3.63, 3.8) is 0 Å². The molecule has 4 N–H and O–H groups in total. The lowest BCUT2D eigenvalue weighted by atomic mass is 10.0. The molecule has 0 amide bonds. The van der Waals surface area contributed by atoms with E-state index in [2.05, 4.69) is 30.8 Å². The summed E-state index contributed by atoms with van der Waals surface area (Å²) in [5.74, 6) is 5.26. The first kappa shape index (κ1) is 31.2. The molecule has 188 valence electrons. The summed E-state index contributed by atoms with van der Waals surface area (Å²) >= 11 is 1.54. The fraction of sp³-hybridized carbons (Fsp3) is 0.435. The number of terminal acetylenes is 2. The zero-order chi connectivity index (χ0) is 26.5. The molecular formula is C23H30F3N3O4S. The van der Waals surface area contributed by atoms with E-state index in [1.807, 2.05) is 18.4 Å². The van der Waals surface area contributed by atoms with Crippen LogP contribution in [-0.2, 0) is 17.3 Å². The predicted molar refractivity (Wildman–Crippen MR) is 127 cm³/mol. The van der Waals surface area contributed by atoms with Crippen molar-refractivity contribution in [1.82, 2.24) is 9.89 Å². The van der Waals surface area contributed by atoms with E-state index in [4.69, 9.17) is 20.4 Å².